The van der Waals surface area contributed by atoms with Crippen molar-refractivity contribution in [3.63, 3.8) is 0 Å². The van der Waals surface area contributed by atoms with Gasteiger partial charge in [-0.25, -0.2) is 0 Å². The van der Waals surface area contributed by atoms with E-state index in [-0.39, 0.29) is 0 Å². The van der Waals surface area contributed by atoms with Crippen molar-refractivity contribution in [3.05, 3.63) is 0 Å². The second-order valence-electron chi connectivity index (χ2n) is 3.01. The van der Waals surface area contributed by atoms with Gasteiger partial charge in [0.25, 0.3) is 0 Å². The SMILES string of the molecule is CCC[C@@H](C)NC(C)C. The summed E-state index contributed by atoms with van der Waals surface area (Å²) in [6.45, 7) is 8.83. The normalized spacial score (nSPS) is 14.3. The minimum Gasteiger partial charge on any atom is -0.312 e. The molecule has 0 fully saturated rings. The van der Waals surface area contributed by atoms with Crippen LogP contribution in [0.3, 0.4) is 0 Å². The summed E-state index contributed by atoms with van der Waals surface area (Å²) in [7, 11) is 0. The Balaban J connectivity index is 3.15. The van der Waals surface area contributed by atoms with Crippen LogP contribution in [-0.4, -0.2) is 12.1 Å². The molecule has 0 radical (unpaired) electrons. The molecule has 0 aliphatic heterocycles. The van der Waals surface area contributed by atoms with E-state index in [0.717, 1.165) is 0 Å². The molecule has 0 aromatic carbocycles. The predicted octanol–water partition coefficient (Wildman–Crippen LogP) is 2.17. The molecular weight excluding hydrogens is 110 g/mol. The Morgan fingerprint density at radius 1 is 1.22 bits per heavy atom. The fraction of sp³-hybridized carbons (Fsp3) is 1.00. The third-order valence-corrected chi connectivity index (χ3v) is 1.34. The van der Waals surface area contributed by atoms with E-state index < -0.39 is 0 Å². The van der Waals surface area contributed by atoms with Gasteiger partial charge in [0.1, 0.15) is 0 Å². The predicted molar refractivity (Wildman–Crippen MR) is 42.6 cm³/mol. The molecule has 1 nitrogen and oxygen atoms in total. The fourth-order valence-corrected chi connectivity index (χ4v) is 1.09. The fourth-order valence-electron chi connectivity index (χ4n) is 1.09. The highest BCUT2D eigenvalue weighted by molar-refractivity contribution is 4.61. The Hall–Kier alpha value is -0.0400. The first-order valence-electron chi connectivity index (χ1n) is 3.92. The molecule has 0 aliphatic rings. The molecule has 0 unspecified atom stereocenters. The summed E-state index contributed by atoms with van der Waals surface area (Å²) >= 11 is 0. The monoisotopic (exact) mass is 129 g/mol. The highest BCUT2D eigenvalue weighted by atomic mass is 14.9. The largest absolute Gasteiger partial charge is 0.312 e. The van der Waals surface area contributed by atoms with Crippen LogP contribution < -0.4 is 5.32 Å². The van der Waals surface area contributed by atoms with E-state index in [1.807, 2.05) is 0 Å². The second kappa shape index (κ2) is 4.80. The van der Waals surface area contributed by atoms with Crippen molar-refractivity contribution in [1.82, 2.24) is 5.32 Å². The van der Waals surface area contributed by atoms with E-state index in [1.165, 1.54) is 12.8 Å². The minimum atomic E-state index is 0.631. The number of hydrogen-bond acceptors (Lipinski definition) is 1. The smallest absolute Gasteiger partial charge is 0.00409 e. The maximum absolute atomic E-state index is 3.44. The van der Waals surface area contributed by atoms with Gasteiger partial charge in [-0.05, 0) is 13.3 Å². The van der Waals surface area contributed by atoms with Crippen molar-refractivity contribution in [1.29, 1.82) is 0 Å². The highest BCUT2D eigenvalue weighted by Gasteiger charge is 1.99. The second-order valence-corrected chi connectivity index (χ2v) is 3.01. The maximum atomic E-state index is 3.44. The standard InChI is InChI=1S/C8H19N/c1-5-6-8(4)9-7(2)3/h7-9H,5-6H2,1-4H3/t8-/m1/s1. The molecule has 56 valence electrons. The van der Waals surface area contributed by atoms with Gasteiger partial charge in [0.15, 0.2) is 0 Å². The average Bonchev–Trinajstić information content (AvgIpc) is 1.63. The van der Waals surface area contributed by atoms with Gasteiger partial charge in [-0.15, -0.1) is 0 Å². The van der Waals surface area contributed by atoms with Gasteiger partial charge in [-0.1, -0.05) is 27.2 Å². The first kappa shape index (κ1) is 8.96. The molecule has 0 amide bonds. The van der Waals surface area contributed by atoms with E-state index in [0.29, 0.717) is 12.1 Å². The first-order chi connectivity index (χ1) is 4.16. The Labute approximate surface area is 58.8 Å². The molecule has 0 rings (SSSR count). The Morgan fingerprint density at radius 3 is 2.11 bits per heavy atom. The van der Waals surface area contributed by atoms with Crippen LogP contribution in [0.15, 0.2) is 0 Å². The van der Waals surface area contributed by atoms with E-state index in [9.17, 15) is 0 Å². The quantitative estimate of drug-likeness (QED) is 0.613. The van der Waals surface area contributed by atoms with Crippen molar-refractivity contribution in [2.24, 2.45) is 0 Å². The lowest BCUT2D eigenvalue weighted by Crippen LogP contribution is -2.31. The summed E-state index contributed by atoms with van der Waals surface area (Å²) in [6, 6.07) is 1.32. The van der Waals surface area contributed by atoms with Crippen LogP contribution in [0.2, 0.25) is 0 Å². The zero-order valence-corrected chi connectivity index (χ0v) is 7.07. The number of rotatable bonds is 4. The Bertz CT molecular complexity index is 59.6. The van der Waals surface area contributed by atoms with Crippen molar-refractivity contribution in [2.75, 3.05) is 0 Å². The minimum absolute atomic E-state index is 0.631. The lowest BCUT2D eigenvalue weighted by Gasteiger charge is -2.15. The molecule has 1 heteroatoms. The first-order valence-corrected chi connectivity index (χ1v) is 3.92. The Morgan fingerprint density at radius 2 is 1.78 bits per heavy atom. The zero-order valence-electron chi connectivity index (χ0n) is 7.07. The van der Waals surface area contributed by atoms with Crippen molar-refractivity contribution in [3.8, 4) is 0 Å². The molecule has 1 atom stereocenters. The zero-order chi connectivity index (χ0) is 7.28. The van der Waals surface area contributed by atoms with Crippen LogP contribution in [0.1, 0.15) is 40.5 Å². The molecule has 0 saturated carbocycles. The van der Waals surface area contributed by atoms with Gasteiger partial charge in [-0.3, -0.25) is 0 Å². The summed E-state index contributed by atoms with van der Waals surface area (Å²) in [5.74, 6) is 0. The molecule has 0 bridgehead atoms. The molecule has 9 heavy (non-hydrogen) atoms. The summed E-state index contributed by atoms with van der Waals surface area (Å²) < 4.78 is 0. The Kier molecular flexibility index (Phi) is 4.78. The summed E-state index contributed by atoms with van der Waals surface area (Å²) in [4.78, 5) is 0. The highest BCUT2D eigenvalue weighted by Crippen LogP contribution is 1.95. The molecular formula is C8H19N. The van der Waals surface area contributed by atoms with Crippen LogP contribution in [0.4, 0.5) is 0 Å². The van der Waals surface area contributed by atoms with Crippen LogP contribution in [0.25, 0.3) is 0 Å². The topological polar surface area (TPSA) is 12.0 Å². The van der Waals surface area contributed by atoms with Crippen molar-refractivity contribution in [2.45, 2.75) is 52.6 Å². The maximum Gasteiger partial charge on any atom is 0.00409 e. The van der Waals surface area contributed by atoms with Gasteiger partial charge in [0.05, 0.1) is 0 Å². The van der Waals surface area contributed by atoms with E-state index >= 15 is 0 Å². The van der Waals surface area contributed by atoms with E-state index in [4.69, 9.17) is 0 Å². The number of nitrogens with one attached hydrogen (secondary N) is 1. The lowest BCUT2D eigenvalue weighted by molar-refractivity contribution is 0.462. The van der Waals surface area contributed by atoms with Gasteiger partial charge in [0.2, 0.25) is 0 Å². The molecule has 1 N–H and O–H groups in total. The van der Waals surface area contributed by atoms with Gasteiger partial charge in [0, 0.05) is 12.1 Å². The lowest BCUT2D eigenvalue weighted by atomic mass is 10.2. The molecule has 0 spiro atoms. The summed E-state index contributed by atoms with van der Waals surface area (Å²) in [5.41, 5.74) is 0. The van der Waals surface area contributed by atoms with Crippen LogP contribution in [-0.2, 0) is 0 Å². The molecule has 0 aliphatic carbocycles. The van der Waals surface area contributed by atoms with Crippen LogP contribution in [0.5, 0.6) is 0 Å². The molecule has 0 heterocycles. The molecule has 0 aromatic heterocycles. The summed E-state index contributed by atoms with van der Waals surface area (Å²) in [6.07, 6.45) is 2.57. The van der Waals surface area contributed by atoms with Crippen LogP contribution >= 0.6 is 0 Å². The number of hydrogen-bond donors (Lipinski definition) is 1. The van der Waals surface area contributed by atoms with Gasteiger partial charge >= 0.3 is 0 Å². The summed E-state index contributed by atoms with van der Waals surface area (Å²) in [5, 5.41) is 3.44. The average molecular weight is 129 g/mol. The third-order valence-electron chi connectivity index (χ3n) is 1.34. The van der Waals surface area contributed by atoms with Gasteiger partial charge in [-0.2, -0.15) is 0 Å². The molecule has 0 saturated heterocycles. The molecule has 0 aromatic rings. The van der Waals surface area contributed by atoms with Crippen molar-refractivity contribution < 1.29 is 0 Å². The third kappa shape index (κ3) is 5.84. The van der Waals surface area contributed by atoms with Crippen LogP contribution in [0, 0.1) is 0 Å². The van der Waals surface area contributed by atoms with E-state index in [1.54, 1.807) is 0 Å². The van der Waals surface area contributed by atoms with Crippen molar-refractivity contribution >= 4 is 0 Å². The van der Waals surface area contributed by atoms with E-state index in [2.05, 4.69) is 33.0 Å². The van der Waals surface area contributed by atoms with Gasteiger partial charge < -0.3 is 5.32 Å².